The van der Waals surface area contributed by atoms with Crippen LogP contribution in [0.1, 0.15) is 25.1 Å². The molecule has 0 spiro atoms. The van der Waals surface area contributed by atoms with Crippen LogP contribution in [-0.2, 0) is 13.5 Å². The molecule has 0 atom stereocenters. The number of rotatable bonds is 3. The summed E-state index contributed by atoms with van der Waals surface area (Å²) < 4.78 is 2.15. The highest BCUT2D eigenvalue weighted by Gasteiger charge is 2.36. The van der Waals surface area contributed by atoms with Gasteiger partial charge in [0.1, 0.15) is 5.82 Å². The van der Waals surface area contributed by atoms with Crippen LogP contribution in [0.5, 0.6) is 0 Å². The zero-order valence-corrected chi connectivity index (χ0v) is 10.2. The van der Waals surface area contributed by atoms with E-state index in [9.17, 15) is 0 Å². The predicted molar refractivity (Wildman–Crippen MR) is 67.6 cm³/mol. The van der Waals surface area contributed by atoms with Crippen LogP contribution in [-0.4, -0.2) is 21.1 Å². The number of hydrogen-bond acceptors (Lipinski definition) is 3. The standard InChI is InChI=1S/C13H18N4/c1-17-10-4-2-7-15-12(10)16-11(17)8-13(9-14)5-3-6-13/h2,4,7H,3,5-6,8-9,14H2,1H3. The highest BCUT2D eigenvalue weighted by atomic mass is 15.1. The molecule has 4 heteroatoms. The average Bonchev–Trinajstić information content (AvgIpc) is 2.62. The van der Waals surface area contributed by atoms with Gasteiger partial charge in [-0.1, -0.05) is 6.42 Å². The lowest BCUT2D eigenvalue weighted by molar-refractivity contribution is 0.140. The molecule has 1 aliphatic carbocycles. The third-order valence-corrected chi connectivity index (χ3v) is 4.13. The summed E-state index contributed by atoms with van der Waals surface area (Å²) in [5, 5.41) is 0. The maximum atomic E-state index is 5.91. The van der Waals surface area contributed by atoms with Crippen molar-refractivity contribution in [3.63, 3.8) is 0 Å². The van der Waals surface area contributed by atoms with Gasteiger partial charge in [-0.2, -0.15) is 0 Å². The molecule has 4 nitrogen and oxygen atoms in total. The summed E-state index contributed by atoms with van der Waals surface area (Å²) in [6.07, 6.45) is 6.55. The quantitative estimate of drug-likeness (QED) is 0.872. The summed E-state index contributed by atoms with van der Waals surface area (Å²) in [7, 11) is 2.06. The van der Waals surface area contributed by atoms with E-state index in [0.717, 1.165) is 30.0 Å². The molecule has 0 aromatic carbocycles. The molecule has 3 rings (SSSR count). The van der Waals surface area contributed by atoms with Crippen LogP contribution in [0.15, 0.2) is 18.3 Å². The number of imidazole rings is 1. The van der Waals surface area contributed by atoms with Gasteiger partial charge in [0.15, 0.2) is 5.65 Å². The lowest BCUT2D eigenvalue weighted by atomic mass is 9.66. The van der Waals surface area contributed by atoms with E-state index in [1.54, 1.807) is 6.20 Å². The smallest absolute Gasteiger partial charge is 0.177 e. The van der Waals surface area contributed by atoms with Gasteiger partial charge in [-0.05, 0) is 36.9 Å². The van der Waals surface area contributed by atoms with Gasteiger partial charge >= 0.3 is 0 Å². The molecule has 2 N–H and O–H groups in total. The fourth-order valence-electron chi connectivity index (χ4n) is 2.70. The molecule has 0 bridgehead atoms. The van der Waals surface area contributed by atoms with Crippen molar-refractivity contribution in [1.29, 1.82) is 0 Å². The van der Waals surface area contributed by atoms with Gasteiger partial charge in [-0.15, -0.1) is 0 Å². The predicted octanol–water partition coefficient (Wildman–Crippen LogP) is 1.64. The highest BCUT2D eigenvalue weighted by Crippen LogP contribution is 2.42. The molecule has 2 aromatic rings. The molecular weight excluding hydrogens is 212 g/mol. The van der Waals surface area contributed by atoms with Crippen LogP contribution in [0.3, 0.4) is 0 Å². The second kappa shape index (κ2) is 3.81. The Morgan fingerprint density at radius 2 is 2.29 bits per heavy atom. The molecule has 1 aliphatic rings. The third kappa shape index (κ3) is 1.63. The summed E-state index contributed by atoms with van der Waals surface area (Å²) in [5.74, 6) is 1.11. The number of aryl methyl sites for hydroxylation is 1. The van der Waals surface area contributed by atoms with E-state index < -0.39 is 0 Å². The van der Waals surface area contributed by atoms with E-state index in [0.29, 0.717) is 5.41 Å². The van der Waals surface area contributed by atoms with Gasteiger partial charge in [0.2, 0.25) is 0 Å². The second-order valence-electron chi connectivity index (χ2n) is 5.17. The van der Waals surface area contributed by atoms with Crippen molar-refractivity contribution in [3.8, 4) is 0 Å². The number of pyridine rings is 1. The molecule has 1 fully saturated rings. The number of aromatic nitrogens is 3. The maximum Gasteiger partial charge on any atom is 0.177 e. The third-order valence-electron chi connectivity index (χ3n) is 4.13. The Balaban J connectivity index is 1.98. The SMILES string of the molecule is Cn1c(CC2(CN)CCC2)nc2ncccc21. The Labute approximate surface area is 101 Å². The minimum atomic E-state index is 0.301. The summed E-state index contributed by atoms with van der Waals surface area (Å²) in [5.41, 5.74) is 8.16. The van der Waals surface area contributed by atoms with Gasteiger partial charge in [0, 0.05) is 19.7 Å². The van der Waals surface area contributed by atoms with Crippen LogP contribution in [0.25, 0.3) is 11.2 Å². The van der Waals surface area contributed by atoms with Crippen molar-refractivity contribution in [1.82, 2.24) is 14.5 Å². The first-order valence-corrected chi connectivity index (χ1v) is 6.20. The first kappa shape index (κ1) is 10.7. The van der Waals surface area contributed by atoms with Gasteiger partial charge in [0.25, 0.3) is 0 Å². The Bertz CT molecular complexity index is 534. The molecule has 2 aromatic heterocycles. The van der Waals surface area contributed by atoms with E-state index in [4.69, 9.17) is 5.73 Å². The lowest BCUT2D eigenvalue weighted by Crippen LogP contribution is -2.39. The molecule has 0 amide bonds. The number of fused-ring (bicyclic) bond motifs is 1. The highest BCUT2D eigenvalue weighted by molar-refractivity contribution is 5.71. The summed E-state index contributed by atoms with van der Waals surface area (Å²) in [4.78, 5) is 8.92. The zero-order chi connectivity index (χ0) is 11.9. The first-order valence-electron chi connectivity index (χ1n) is 6.20. The van der Waals surface area contributed by atoms with Gasteiger partial charge in [0.05, 0.1) is 5.52 Å². The van der Waals surface area contributed by atoms with Crippen molar-refractivity contribution in [2.45, 2.75) is 25.7 Å². The van der Waals surface area contributed by atoms with Gasteiger partial charge in [-0.25, -0.2) is 9.97 Å². The second-order valence-corrected chi connectivity index (χ2v) is 5.17. The minimum absolute atomic E-state index is 0.301. The molecule has 0 unspecified atom stereocenters. The topological polar surface area (TPSA) is 56.7 Å². The van der Waals surface area contributed by atoms with Crippen molar-refractivity contribution in [3.05, 3.63) is 24.2 Å². The molecule has 90 valence electrons. The number of nitrogens with zero attached hydrogens (tertiary/aromatic N) is 3. The summed E-state index contributed by atoms with van der Waals surface area (Å²) >= 11 is 0. The summed E-state index contributed by atoms with van der Waals surface area (Å²) in [6, 6.07) is 4.02. The molecule has 2 heterocycles. The van der Waals surface area contributed by atoms with E-state index >= 15 is 0 Å². The maximum absolute atomic E-state index is 5.91. The van der Waals surface area contributed by atoms with Crippen LogP contribution in [0, 0.1) is 5.41 Å². The van der Waals surface area contributed by atoms with Crippen molar-refractivity contribution < 1.29 is 0 Å². The molecule has 17 heavy (non-hydrogen) atoms. The van der Waals surface area contributed by atoms with E-state index in [1.165, 1.54) is 19.3 Å². The van der Waals surface area contributed by atoms with E-state index in [-0.39, 0.29) is 0 Å². The summed E-state index contributed by atoms with van der Waals surface area (Å²) in [6.45, 7) is 0.767. The zero-order valence-electron chi connectivity index (χ0n) is 10.2. The van der Waals surface area contributed by atoms with Crippen LogP contribution in [0.4, 0.5) is 0 Å². The van der Waals surface area contributed by atoms with Crippen LogP contribution in [0.2, 0.25) is 0 Å². The Kier molecular flexibility index (Phi) is 2.40. The Morgan fingerprint density at radius 1 is 1.47 bits per heavy atom. The van der Waals surface area contributed by atoms with Crippen LogP contribution >= 0.6 is 0 Å². The fourth-order valence-corrected chi connectivity index (χ4v) is 2.70. The van der Waals surface area contributed by atoms with Gasteiger partial charge < -0.3 is 10.3 Å². The fraction of sp³-hybridized carbons (Fsp3) is 0.538. The number of nitrogens with two attached hydrogens (primary N) is 1. The Hall–Kier alpha value is -1.42. The molecule has 0 radical (unpaired) electrons. The Morgan fingerprint density at radius 3 is 2.88 bits per heavy atom. The van der Waals surface area contributed by atoms with Gasteiger partial charge in [-0.3, -0.25) is 0 Å². The van der Waals surface area contributed by atoms with Crippen molar-refractivity contribution in [2.24, 2.45) is 18.2 Å². The molecule has 1 saturated carbocycles. The molecular formula is C13H18N4. The monoisotopic (exact) mass is 230 g/mol. The number of hydrogen-bond donors (Lipinski definition) is 1. The van der Waals surface area contributed by atoms with Crippen LogP contribution < -0.4 is 5.73 Å². The first-order chi connectivity index (χ1) is 8.24. The minimum Gasteiger partial charge on any atom is -0.330 e. The van der Waals surface area contributed by atoms with Crippen molar-refractivity contribution in [2.75, 3.05) is 6.54 Å². The molecule has 0 aliphatic heterocycles. The van der Waals surface area contributed by atoms with E-state index in [2.05, 4.69) is 27.6 Å². The molecule has 0 saturated heterocycles. The lowest BCUT2D eigenvalue weighted by Gasteiger charge is -2.40. The average molecular weight is 230 g/mol. The largest absolute Gasteiger partial charge is 0.330 e. The van der Waals surface area contributed by atoms with E-state index in [1.807, 2.05) is 6.07 Å². The normalized spacial score (nSPS) is 18.2. The van der Waals surface area contributed by atoms with Crippen molar-refractivity contribution >= 4 is 11.2 Å².